The number of aliphatic hydroxyl groups excluding tert-OH is 1. The van der Waals surface area contributed by atoms with Crippen LogP contribution in [0.25, 0.3) is 0 Å². The largest absolute Gasteiger partial charge is 0.393 e. The molecule has 5 rings (SSSR count). The van der Waals surface area contributed by atoms with Crippen molar-refractivity contribution in [2.24, 2.45) is 4.99 Å². The standard InChI is InChI=1S/C30H29ClN6O2S/c1-18-25(10-5-20-4-3-13-34-17-20)40-30-27(18)28(21-6-8-22(31)9-7-21)35-24(29(33)37(30)19(2)32)16-26(39)36-14-11-23(38)12-15-36/h3-4,6-9,13,17,23-24,32-33,38H,11-12,14-16H2,1-2H3/t24-/m0/s1. The van der Waals surface area contributed by atoms with E-state index in [9.17, 15) is 9.90 Å². The summed E-state index contributed by atoms with van der Waals surface area (Å²) in [4.78, 5) is 26.6. The maximum absolute atomic E-state index is 13.3. The Morgan fingerprint density at radius 1 is 1.20 bits per heavy atom. The Balaban J connectivity index is 1.62. The Bertz CT molecular complexity index is 1550. The number of amides is 1. The fourth-order valence-electron chi connectivity index (χ4n) is 4.87. The number of pyridine rings is 1. The number of carbonyl (C=O) groups is 1. The van der Waals surface area contributed by atoms with Crippen molar-refractivity contribution in [3.8, 4) is 11.8 Å². The van der Waals surface area contributed by atoms with E-state index in [0.29, 0.717) is 41.7 Å². The summed E-state index contributed by atoms with van der Waals surface area (Å²) >= 11 is 7.61. The Kier molecular flexibility index (Phi) is 8.12. The van der Waals surface area contributed by atoms with Gasteiger partial charge in [-0.15, -0.1) is 11.3 Å². The van der Waals surface area contributed by atoms with Crippen LogP contribution >= 0.6 is 22.9 Å². The third kappa shape index (κ3) is 5.70. The second-order valence-electron chi connectivity index (χ2n) is 9.85. The number of hydrogen-bond donors (Lipinski definition) is 3. The van der Waals surface area contributed by atoms with E-state index in [1.165, 1.54) is 11.3 Å². The van der Waals surface area contributed by atoms with Crippen molar-refractivity contribution in [3.05, 3.63) is 80.9 Å². The first-order chi connectivity index (χ1) is 19.2. The summed E-state index contributed by atoms with van der Waals surface area (Å²) in [6, 6.07) is 10.3. The Labute approximate surface area is 242 Å². The lowest BCUT2D eigenvalue weighted by Crippen LogP contribution is -2.45. The molecule has 4 heterocycles. The van der Waals surface area contributed by atoms with Crippen LogP contribution in [0.15, 0.2) is 53.8 Å². The number of nitrogens with zero attached hydrogens (tertiary/aromatic N) is 4. The summed E-state index contributed by atoms with van der Waals surface area (Å²) in [6.07, 6.45) is 4.09. The van der Waals surface area contributed by atoms with E-state index in [-0.39, 0.29) is 30.1 Å². The van der Waals surface area contributed by atoms with Crippen molar-refractivity contribution in [1.29, 1.82) is 10.8 Å². The number of thiophene rings is 1. The molecule has 1 fully saturated rings. The third-order valence-electron chi connectivity index (χ3n) is 7.03. The number of benzene rings is 1. The zero-order valence-electron chi connectivity index (χ0n) is 22.2. The molecule has 0 spiro atoms. The minimum absolute atomic E-state index is 0.00252. The summed E-state index contributed by atoms with van der Waals surface area (Å²) in [6.45, 7) is 4.56. The van der Waals surface area contributed by atoms with Crippen LogP contribution in [-0.2, 0) is 4.79 Å². The highest BCUT2D eigenvalue weighted by Gasteiger charge is 2.36. The highest BCUT2D eigenvalue weighted by Crippen LogP contribution is 2.40. The Morgan fingerprint density at radius 2 is 1.93 bits per heavy atom. The van der Waals surface area contributed by atoms with E-state index in [1.807, 2.05) is 31.2 Å². The van der Waals surface area contributed by atoms with Crippen LogP contribution in [0.5, 0.6) is 0 Å². The van der Waals surface area contributed by atoms with Gasteiger partial charge in [-0.1, -0.05) is 35.6 Å². The maximum Gasteiger partial charge on any atom is 0.225 e. The van der Waals surface area contributed by atoms with Gasteiger partial charge in [-0.3, -0.25) is 30.5 Å². The third-order valence-corrected chi connectivity index (χ3v) is 8.47. The van der Waals surface area contributed by atoms with E-state index >= 15 is 0 Å². The van der Waals surface area contributed by atoms with E-state index < -0.39 is 6.04 Å². The molecule has 40 heavy (non-hydrogen) atoms. The number of anilines is 1. The number of amidine groups is 2. The normalized spacial score (nSPS) is 17.4. The molecule has 1 aromatic carbocycles. The Hall–Kier alpha value is -3.84. The number of rotatable bonds is 3. The van der Waals surface area contributed by atoms with Crippen LogP contribution < -0.4 is 4.90 Å². The van der Waals surface area contributed by atoms with Gasteiger partial charge in [0.25, 0.3) is 0 Å². The molecule has 0 saturated carbocycles. The number of aromatic nitrogens is 1. The molecule has 2 aliphatic heterocycles. The number of fused-ring (bicyclic) bond motifs is 1. The van der Waals surface area contributed by atoms with Gasteiger partial charge in [-0.05, 0) is 56.5 Å². The quantitative estimate of drug-likeness (QED) is 0.236. The molecule has 1 saturated heterocycles. The van der Waals surface area contributed by atoms with Gasteiger partial charge in [-0.25, -0.2) is 0 Å². The number of aliphatic imine (C=N–C) groups is 1. The lowest BCUT2D eigenvalue weighted by atomic mass is 9.99. The van der Waals surface area contributed by atoms with Gasteiger partial charge >= 0.3 is 0 Å². The number of aliphatic hydroxyl groups is 1. The number of likely N-dealkylation sites (tertiary alicyclic amines) is 1. The molecule has 3 N–H and O–H groups in total. The number of hydrogen-bond acceptors (Lipinski definition) is 7. The van der Waals surface area contributed by atoms with Crippen LogP contribution in [0.2, 0.25) is 5.02 Å². The monoisotopic (exact) mass is 572 g/mol. The molecule has 1 amide bonds. The molecule has 8 nitrogen and oxygen atoms in total. The van der Waals surface area contributed by atoms with Gasteiger partial charge in [0.05, 0.1) is 23.1 Å². The number of nitrogens with one attached hydrogen (secondary N) is 2. The van der Waals surface area contributed by atoms with E-state index in [1.54, 1.807) is 41.2 Å². The molecule has 1 atom stereocenters. The number of halogens is 1. The molecular weight excluding hydrogens is 544 g/mol. The van der Waals surface area contributed by atoms with Crippen molar-refractivity contribution in [3.63, 3.8) is 0 Å². The molecule has 204 valence electrons. The minimum atomic E-state index is -0.797. The van der Waals surface area contributed by atoms with Crippen molar-refractivity contribution in [2.45, 2.75) is 45.3 Å². The highest BCUT2D eigenvalue weighted by molar-refractivity contribution is 7.17. The van der Waals surface area contributed by atoms with Gasteiger partial charge in [0, 0.05) is 47.2 Å². The van der Waals surface area contributed by atoms with Gasteiger partial charge in [0.2, 0.25) is 5.91 Å². The molecule has 3 aromatic rings. The van der Waals surface area contributed by atoms with E-state index in [2.05, 4.69) is 16.8 Å². The molecule has 0 unspecified atom stereocenters. The van der Waals surface area contributed by atoms with Gasteiger partial charge in [0.15, 0.2) is 0 Å². The second kappa shape index (κ2) is 11.7. The van der Waals surface area contributed by atoms with Gasteiger partial charge in [-0.2, -0.15) is 0 Å². The zero-order valence-corrected chi connectivity index (χ0v) is 23.8. The first-order valence-corrected chi connectivity index (χ1v) is 14.2. The van der Waals surface area contributed by atoms with Crippen molar-refractivity contribution in [2.75, 3.05) is 18.0 Å². The fourth-order valence-corrected chi connectivity index (χ4v) is 6.23. The fraction of sp³-hybridized carbons (Fsp3) is 0.300. The van der Waals surface area contributed by atoms with E-state index in [0.717, 1.165) is 27.1 Å². The molecule has 2 aromatic heterocycles. The zero-order chi connectivity index (χ0) is 28.4. The molecular formula is C30H29ClN6O2S. The maximum atomic E-state index is 13.3. The van der Waals surface area contributed by atoms with Crippen molar-refractivity contribution < 1.29 is 9.90 Å². The van der Waals surface area contributed by atoms with E-state index in [4.69, 9.17) is 27.4 Å². The van der Waals surface area contributed by atoms with Crippen molar-refractivity contribution in [1.82, 2.24) is 9.88 Å². The Morgan fingerprint density at radius 3 is 2.58 bits per heavy atom. The first-order valence-electron chi connectivity index (χ1n) is 13.0. The average molecular weight is 573 g/mol. The molecule has 0 bridgehead atoms. The average Bonchev–Trinajstić information content (AvgIpc) is 3.19. The SMILES string of the molecule is CC(=N)N1C(=N)[C@H](CC(=O)N2CCC(O)CC2)N=C(c2ccc(Cl)cc2)c2c1sc(C#Cc1cccnc1)c2C. The van der Waals surface area contributed by atoms with Crippen LogP contribution in [0.1, 0.15) is 53.3 Å². The van der Waals surface area contributed by atoms with Crippen LogP contribution in [-0.4, -0.2) is 63.5 Å². The second-order valence-corrected chi connectivity index (χ2v) is 11.3. The van der Waals surface area contributed by atoms with Crippen LogP contribution in [0.4, 0.5) is 5.00 Å². The molecule has 10 heteroatoms. The summed E-state index contributed by atoms with van der Waals surface area (Å²) < 4.78 is 0. The van der Waals surface area contributed by atoms with Gasteiger partial charge < -0.3 is 10.0 Å². The van der Waals surface area contributed by atoms with Gasteiger partial charge in [0.1, 0.15) is 22.7 Å². The minimum Gasteiger partial charge on any atom is -0.393 e. The van der Waals surface area contributed by atoms with Crippen molar-refractivity contribution >= 4 is 51.2 Å². The molecule has 0 aliphatic carbocycles. The summed E-state index contributed by atoms with van der Waals surface area (Å²) in [5.74, 6) is 6.53. The smallest absolute Gasteiger partial charge is 0.225 e. The summed E-state index contributed by atoms with van der Waals surface area (Å²) in [5, 5.41) is 28.9. The summed E-state index contributed by atoms with van der Waals surface area (Å²) in [7, 11) is 0. The summed E-state index contributed by atoms with van der Waals surface area (Å²) in [5.41, 5.74) is 3.90. The van der Waals surface area contributed by atoms with Crippen LogP contribution in [0.3, 0.4) is 0 Å². The molecule has 2 aliphatic rings. The lowest BCUT2D eigenvalue weighted by molar-refractivity contribution is -0.133. The topological polar surface area (TPSA) is 117 Å². The van der Waals surface area contributed by atoms with Crippen LogP contribution in [0, 0.1) is 29.6 Å². The number of piperidine rings is 1. The molecule has 0 radical (unpaired) electrons. The predicted molar refractivity (Wildman–Crippen MR) is 160 cm³/mol. The lowest BCUT2D eigenvalue weighted by Gasteiger charge is -2.31. The highest BCUT2D eigenvalue weighted by atomic mass is 35.5. The first kappa shape index (κ1) is 27.7. The number of carbonyl (C=O) groups excluding carboxylic acids is 1. The predicted octanol–water partition coefficient (Wildman–Crippen LogP) is 4.88.